The van der Waals surface area contributed by atoms with Crippen LogP contribution < -0.4 is 11.2 Å². The zero-order valence-corrected chi connectivity index (χ0v) is 15.0. The second kappa shape index (κ2) is 7.63. The highest BCUT2D eigenvalue weighted by Gasteiger charge is 2.31. The number of sulfonamides is 1. The first-order chi connectivity index (χ1) is 11.7. The summed E-state index contributed by atoms with van der Waals surface area (Å²) in [7, 11) is -3.53. The summed E-state index contributed by atoms with van der Waals surface area (Å²) in [4.78, 5) is 0.218. The highest BCUT2D eigenvalue weighted by molar-refractivity contribution is 7.89. The van der Waals surface area contributed by atoms with E-state index >= 15 is 0 Å². The Balaban J connectivity index is 2.16. The average Bonchev–Trinajstić information content (AvgIpc) is 2.54. The predicted molar refractivity (Wildman–Crippen MR) is 96.7 cm³/mol. The smallest absolute Gasteiger partial charge is 0.243 e. The number of benzene rings is 1. The van der Waals surface area contributed by atoms with Crippen LogP contribution in [0.3, 0.4) is 0 Å². The number of hydrazone groups is 1. The van der Waals surface area contributed by atoms with Gasteiger partial charge in [0.15, 0.2) is 5.84 Å². The van der Waals surface area contributed by atoms with Crippen molar-refractivity contribution in [2.24, 2.45) is 22.7 Å². The van der Waals surface area contributed by atoms with Gasteiger partial charge in [0.25, 0.3) is 0 Å². The van der Waals surface area contributed by atoms with Gasteiger partial charge in [-0.2, -0.15) is 14.7 Å². The molecule has 2 rings (SSSR count). The topological polar surface area (TPSA) is 135 Å². The van der Waals surface area contributed by atoms with Crippen molar-refractivity contribution in [3.05, 3.63) is 24.3 Å². The number of amidine groups is 1. The second-order valence-corrected chi connectivity index (χ2v) is 8.33. The van der Waals surface area contributed by atoms with Gasteiger partial charge in [0.1, 0.15) is 6.07 Å². The minimum absolute atomic E-state index is 0.218. The molecule has 8 nitrogen and oxygen atoms in total. The van der Waals surface area contributed by atoms with E-state index in [2.05, 4.69) is 24.4 Å². The Morgan fingerprint density at radius 2 is 1.88 bits per heavy atom. The van der Waals surface area contributed by atoms with Crippen molar-refractivity contribution in [2.75, 3.05) is 18.5 Å². The molecule has 1 aliphatic heterocycles. The number of nitrogens with one attached hydrogen (secondary N) is 2. The molecule has 1 heterocycles. The number of nitriles is 1. The van der Waals surface area contributed by atoms with Crippen LogP contribution in [0, 0.1) is 28.6 Å². The van der Waals surface area contributed by atoms with Crippen molar-refractivity contribution >= 4 is 27.3 Å². The van der Waals surface area contributed by atoms with Gasteiger partial charge >= 0.3 is 0 Å². The molecule has 0 aromatic heterocycles. The van der Waals surface area contributed by atoms with Gasteiger partial charge in [-0.1, -0.05) is 13.8 Å². The lowest BCUT2D eigenvalue weighted by atomic mass is 9.94. The van der Waals surface area contributed by atoms with Gasteiger partial charge in [0.2, 0.25) is 15.7 Å². The normalized spacial score (nSPS) is 22.2. The lowest BCUT2D eigenvalue weighted by molar-refractivity contribution is 0.222. The Bertz CT molecular complexity index is 800. The molecular weight excluding hydrogens is 340 g/mol. The van der Waals surface area contributed by atoms with Gasteiger partial charge in [-0.05, 0) is 42.5 Å². The van der Waals surface area contributed by atoms with Crippen LogP contribution in [-0.2, 0) is 10.0 Å². The third-order valence-corrected chi connectivity index (χ3v) is 5.83. The highest BCUT2D eigenvalue weighted by atomic mass is 32.2. The molecule has 0 spiro atoms. The van der Waals surface area contributed by atoms with Gasteiger partial charge in [0.05, 0.1) is 10.6 Å². The second-order valence-electron chi connectivity index (χ2n) is 6.39. The molecule has 25 heavy (non-hydrogen) atoms. The van der Waals surface area contributed by atoms with Crippen LogP contribution in [0.15, 0.2) is 34.3 Å². The minimum atomic E-state index is -3.53. The first kappa shape index (κ1) is 18.9. The van der Waals surface area contributed by atoms with Crippen molar-refractivity contribution in [3.63, 3.8) is 0 Å². The SMILES string of the molecule is CC1CC(C)CN(S(=O)(=O)c2ccc(N/N=C(\C#N)C(=N)N)cc2)C1. The summed E-state index contributed by atoms with van der Waals surface area (Å²) in [6.07, 6.45) is 1.03. The Kier molecular flexibility index (Phi) is 5.77. The van der Waals surface area contributed by atoms with Crippen LogP contribution in [0.4, 0.5) is 5.69 Å². The highest BCUT2D eigenvalue weighted by Crippen LogP contribution is 2.27. The lowest BCUT2D eigenvalue weighted by Crippen LogP contribution is -2.42. The molecule has 1 aromatic rings. The average molecular weight is 362 g/mol. The van der Waals surface area contributed by atoms with Crippen LogP contribution >= 0.6 is 0 Å². The Morgan fingerprint density at radius 3 is 2.36 bits per heavy atom. The lowest BCUT2D eigenvalue weighted by Gasteiger charge is -2.34. The van der Waals surface area contributed by atoms with E-state index in [1.807, 2.05) is 0 Å². The van der Waals surface area contributed by atoms with Crippen molar-refractivity contribution in [1.82, 2.24) is 4.31 Å². The summed E-state index contributed by atoms with van der Waals surface area (Å²) in [5, 5.41) is 19.7. The van der Waals surface area contributed by atoms with Crippen LogP contribution in [0.25, 0.3) is 0 Å². The number of hydrogen-bond donors (Lipinski definition) is 3. The van der Waals surface area contributed by atoms with Crippen molar-refractivity contribution in [2.45, 2.75) is 25.2 Å². The summed E-state index contributed by atoms with van der Waals surface area (Å²) >= 11 is 0. The van der Waals surface area contributed by atoms with Gasteiger partial charge in [0, 0.05) is 13.1 Å². The molecule has 1 aromatic carbocycles. The van der Waals surface area contributed by atoms with E-state index in [1.165, 1.54) is 16.4 Å². The number of rotatable bonds is 5. The van der Waals surface area contributed by atoms with Gasteiger partial charge in [-0.15, -0.1) is 0 Å². The summed E-state index contributed by atoms with van der Waals surface area (Å²) in [5.41, 5.74) is 8.04. The van der Waals surface area contributed by atoms with Crippen LogP contribution in [0.5, 0.6) is 0 Å². The molecule has 2 atom stereocenters. The number of hydrogen-bond acceptors (Lipinski definition) is 6. The molecule has 0 radical (unpaired) electrons. The molecule has 9 heteroatoms. The largest absolute Gasteiger partial charge is 0.382 e. The van der Waals surface area contributed by atoms with Crippen molar-refractivity contribution in [1.29, 1.82) is 10.7 Å². The Hall–Kier alpha value is -2.44. The fraction of sp³-hybridized carbons (Fsp3) is 0.438. The van der Waals surface area contributed by atoms with Crippen LogP contribution in [0.1, 0.15) is 20.3 Å². The first-order valence-electron chi connectivity index (χ1n) is 7.92. The Labute approximate surface area is 147 Å². The standard InChI is InChI=1S/C16H22N6O2S/c1-11-7-12(2)10-22(9-11)25(23,24)14-5-3-13(4-6-14)20-21-15(8-17)16(18)19/h3-6,11-12,20H,7,9-10H2,1-2H3,(H3,18,19)/b21-15+. The third-order valence-electron chi connectivity index (χ3n) is 3.99. The van der Waals surface area contributed by atoms with E-state index in [4.69, 9.17) is 16.4 Å². The fourth-order valence-corrected chi connectivity index (χ4v) is 4.60. The van der Waals surface area contributed by atoms with Gasteiger partial charge < -0.3 is 5.73 Å². The first-order valence-corrected chi connectivity index (χ1v) is 9.36. The summed E-state index contributed by atoms with van der Waals surface area (Å²) < 4.78 is 27.1. The quantitative estimate of drug-likeness (QED) is 0.415. The van der Waals surface area contributed by atoms with Gasteiger partial charge in [-0.3, -0.25) is 10.8 Å². The zero-order chi connectivity index (χ0) is 18.6. The van der Waals surface area contributed by atoms with E-state index in [1.54, 1.807) is 18.2 Å². The van der Waals surface area contributed by atoms with Crippen LogP contribution in [0.2, 0.25) is 0 Å². The summed E-state index contributed by atoms with van der Waals surface area (Å²) in [5.74, 6) is 0.233. The molecular formula is C16H22N6O2S. The molecule has 0 bridgehead atoms. The maximum Gasteiger partial charge on any atom is 0.243 e. The van der Waals surface area contributed by atoms with E-state index in [-0.39, 0.29) is 10.6 Å². The monoisotopic (exact) mass is 362 g/mol. The summed E-state index contributed by atoms with van der Waals surface area (Å²) in [6, 6.07) is 7.80. The maximum absolute atomic E-state index is 12.8. The number of nitrogens with two attached hydrogens (primary N) is 1. The molecule has 2 unspecified atom stereocenters. The molecule has 0 saturated carbocycles. The van der Waals surface area contributed by atoms with Crippen molar-refractivity contribution in [3.8, 4) is 6.07 Å². The Morgan fingerprint density at radius 1 is 1.32 bits per heavy atom. The zero-order valence-electron chi connectivity index (χ0n) is 14.2. The molecule has 1 aliphatic rings. The van der Waals surface area contributed by atoms with E-state index in [0.717, 1.165) is 6.42 Å². The third kappa shape index (κ3) is 4.55. The van der Waals surface area contributed by atoms with Crippen molar-refractivity contribution < 1.29 is 8.42 Å². The fourth-order valence-electron chi connectivity index (χ4n) is 2.92. The van der Waals surface area contributed by atoms with E-state index < -0.39 is 15.9 Å². The molecule has 1 fully saturated rings. The number of nitrogens with zero attached hydrogens (tertiary/aromatic N) is 3. The molecule has 134 valence electrons. The van der Waals surface area contributed by atoms with Gasteiger partial charge in [-0.25, -0.2) is 8.42 Å². The van der Waals surface area contributed by atoms with Crippen LogP contribution in [-0.4, -0.2) is 37.4 Å². The maximum atomic E-state index is 12.8. The molecule has 4 N–H and O–H groups in total. The molecule has 0 aliphatic carbocycles. The van der Waals surface area contributed by atoms with E-state index in [9.17, 15) is 8.42 Å². The predicted octanol–water partition coefficient (Wildman–Crippen LogP) is 1.58. The minimum Gasteiger partial charge on any atom is -0.382 e. The molecule has 1 saturated heterocycles. The van der Waals surface area contributed by atoms with E-state index in [0.29, 0.717) is 30.6 Å². The molecule has 0 amide bonds. The summed E-state index contributed by atoms with van der Waals surface area (Å²) in [6.45, 7) is 5.18. The number of piperidine rings is 1. The number of anilines is 1.